The molecule has 0 aromatic heterocycles. The van der Waals surface area contributed by atoms with Crippen LogP contribution in [-0.2, 0) is 9.59 Å². The lowest BCUT2D eigenvalue weighted by Gasteiger charge is -2.49. The number of amides is 2. The lowest BCUT2D eigenvalue weighted by Crippen LogP contribution is -2.70. The Morgan fingerprint density at radius 2 is 1.97 bits per heavy atom. The van der Waals surface area contributed by atoms with Gasteiger partial charge in [0.25, 0.3) is 5.91 Å². The molecule has 156 valence electrons. The van der Waals surface area contributed by atoms with Gasteiger partial charge in [0.15, 0.2) is 5.54 Å². The standard InChI is InChI=1S/C24H25FN2O3/c1-30-21-12-5-2-7-17(21)13-14-24(23(29)26-19-9-3-4-10-19)16-22(28)27(24)20-11-6-8-18(25)15-20/h2,5-8,11-15,19H,3-4,9-10,16H2,1H3,(H,26,29)/b14-13+/t24-/m0/s1. The van der Waals surface area contributed by atoms with Gasteiger partial charge in [0.1, 0.15) is 11.6 Å². The number of halogens is 1. The molecule has 5 nitrogen and oxygen atoms in total. The number of para-hydroxylation sites is 1. The lowest BCUT2D eigenvalue weighted by atomic mass is 9.80. The average molecular weight is 408 g/mol. The maximum absolute atomic E-state index is 13.9. The molecule has 2 aromatic carbocycles. The summed E-state index contributed by atoms with van der Waals surface area (Å²) in [5.41, 5.74) is -0.0296. The fourth-order valence-electron chi connectivity index (χ4n) is 4.31. The summed E-state index contributed by atoms with van der Waals surface area (Å²) in [7, 11) is 1.58. The van der Waals surface area contributed by atoms with E-state index in [1.807, 2.05) is 24.3 Å². The molecule has 1 aliphatic carbocycles. The third kappa shape index (κ3) is 3.70. The number of nitrogens with one attached hydrogen (secondary N) is 1. The molecule has 1 heterocycles. The fraction of sp³-hybridized carbons (Fsp3) is 0.333. The second kappa shape index (κ2) is 8.30. The van der Waals surface area contributed by atoms with Crippen molar-refractivity contribution >= 4 is 23.6 Å². The van der Waals surface area contributed by atoms with E-state index in [4.69, 9.17) is 4.74 Å². The number of β-lactam (4-membered cyclic amide) rings is 1. The molecule has 0 spiro atoms. The monoisotopic (exact) mass is 408 g/mol. The maximum atomic E-state index is 13.9. The summed E-state index contributed by atoms with van der Waals surface area (Å²) in [6, 6.07) is 13.4. The van der Waals surface area contributed by atoms with Gasteiger partial charge in [0.2, 0.25) is 5.91 Å². The number of anilines is 1. The number of carbonyl (C=O) groups is 2. The summed E-state index contributed by atoms with van der Waals surface area (Å²) in [5.74, 6) is -0.231. The summed E-state index contributed by atoms with van der Waals surface area (Å²) in [6.07, 6.45) is 7.61. The SMILES string of the molecule is COc1ccccc1/C=C/[C@@]1(C(=O)NC2CCCC2)CC(=O)N1c1cccc(F)c1. The van der Waals surface area contributed by atoms with Crippen molar-refractivity contribution in [3.8, 4) is 5.75 Å². The molecule has 6 heteroatoms. The van der Waals surface area contributed by atoms with Gasteiger partial charge in [-0.15, -0.1) is 0 Å². The zero-order chi connectivity index (χ0) is 21.1. The van der Waals surface area contributed by atoms with E-state index < -0.39 is 11.4 Å². The Bertz CT molecular complexity index is 984. The van der Waals surface area contributed by atoms with Crippen molar-refractivity contribution in [2.75, 3.05) is 12.0 Å². The third-order valence-corrected chi connectivity index (χ3v) is 5.90. The largest absolute Gasteiger partial charge is 0.496 e. The Morgan fingerprint density at radius 1 is 1.20 bits per heavy atom. The molecule has 0 radical (unpaired) electrons. The first kappa shape index (κ1) is 20.1. The summed E-state index contributed by atoms with van der Waals surface area (Å²) < 4.78 is 19.3. The number of methoxy groups -OCH3 is 1. The van der Waals surface area contributed by atoms with Crippen molar-refractivity contribution in [2.24, 2.45) is 0 Å². The van der Waals surface area contributed by atoms with E-state index in [1.54, 1.807) is 31.4 Å². The van der Waals surface area contributed by atoms with Gasteiger partial charge < -0.3 is 10.1 Å². The molecular formula is C24H25FN2O3. The van der Waals surface area contributed by atoms with Crippen LogP contribution in [0.2, 0.25) is 0 Å². The molecule has 1 atom stereocenters. The van der Waals surface area contributed by atoms with Crippen molar-refractivity contribution in [2.45, 2.75) is 43.7 Å². The molecule has 2 amide bonds. The molecule has 1 N–H and O–H groups in total. The van der Waals surface area contributed by atoms with Crippen LogP contribution in [0.3, 0.4) is 0 Å². The van der Waals surface area contributed by atoms with E-state index in [0.717, 1.165) is 31.2 Å². The summed E-state index contributed by atoms with van der Waals surface area (Å²) in [4.78, 5) is 27.4. The molecule has 4 rings (SSSR count). The number of hydrogen-bond donors (Lipinski definition) is 1. The van der Waals surface area contributed by atoms with E-state index in [1.165, 1.54) is 17.0 Å². The molecule has 1 aliphatic heterocycles. The van der Waals surface area contributed by atoms with Crippen molar-refractivity contribution in [1.29, 1.82) is 0 Å². The third-order valence-electron chi connectivity index (χ3n) is 5.90. The van der Waals surface area contributed by atoms with Gasteiger partial charge in [-0.1, -0.05) is 43.2 Å². The second-order valence-corrected chi connectivity index (χ2v) is 7.84. The predicted octanol–water partition coefficient (Wildman–Crippen LogP) is 4.08. The number of nitrogens with zero attached hydrogens (tertiary/aromatic N) is 1. The van der Waals surface area contributed by atoms with Crippen LogP contribution in [0.5, 0.6) is 5.75 Å². The van der Waals surface area contributed by atoms with Gasteiger partial charge in [-0.2, -0.15) is 0 Å². The lowest BCUT2D eigenvalue weighted by molar-refractivity contribution is -0.137. The van der Waals surface area contributed by atoms with Crippen molar-refractivity contribution in [3.63, 3.8) is 0 Å². The maximum Gasteiger partial charge on any atom is 0.251 e. The molecule has 2 fully saturated rings. The van der Waals surface area contributed by atoms with E-state index in [2.05, 4.69) is 5.32 Å². The van der Waals surface area contributed by atoms with Crippen molar-refractivity contribution < 1.29 is 18.7 Å². The number of hydrogen-bond acceptors (Lipinski definition) is 3. The Morgan fingerprint density at radius 3 is 2.67 bits per heavy atom. The molecular weight excluding hydrogens is 383 g/mol. The van der Waals surface area contributed by atoms with Crippen molar-refractivity contribution in [3.05, 3.63) is 66.0 Å². The van der Waals surface area contributed by atoms with Crippen LogP contribution in [0.25, 0.3) is 6.08 Å². The molecule has 0 bridgehead atoms. The van der Waals surface area contributed by atoms with Crippen LogP contribution < -0.4 is 15.0 Å². The zero-order valence-electron chi connectivity index (χ0n) is 16.9. The Hall–Kier alpha value is -3.15. The Labute approximate surface area is 175 Å². The molecule has 30 heavy (non-hydrogen) atoms. The summed E-state index contributed by atoms with van der Waals surface area (Å²) in [6.45, 7) is 0. The molecule has 2 aliphatic rings. The second-order valence-electron chi connectivity index (χ2n) is 7.84. The van der Waals surface area contributed by atoms with Crippen LogP contribution in [0.15, 0.2) is 54.6 Å². The molecule has 0 unspecified atom stereocenters. The van der Waals surface area contributed by atoms with Crippen LogP contribution in [-0.4, -0.2) is 30.5 Å². The minimum absolute atomic E-state index is 0.0354. The summed E-state index contributed by atoms with van der Waals surface area (Å²) >= 11 is 0. The predicted molar refractivity (Wildman–Crippen MR) is 114 cm³/mol. The van der Waals surface area contributed by atoms with Crippen molar-refractivity contribution in [1.82, 2.24) is 5.32 Å². The molecule has 1 saturated heterocycles. The van der Waals surface area contributed by atoms with Crippen LogP contribution in [0, 0.1) is 5.82 Å². The number of carbonyl (C=O) groups excluding carboxylic acids is 2. The molecule has 2 aromatic rings. The van der Waals surface area contributed by atoms with Gasteiger partial charge in [0, 0.05) is 17.3 Å². The highest BCUT2D eigenvalue weighted by atomic mass is 19.1. The summed E-state index contributed by atoms with van der Waals surface area (Å²) in [5, 5.41) is 3.11. The van der Waals surface area contributed by atoms with Crippen LogP contribution in [0.4, 0.5) is 10.1 Å². The van der Waals surface area contributed by atoms with Crippen LogP contribution in [0.1, 0.15) is 37.7 Å². The van der Waals surface area contributed by atoms with E-state index >= 15 is 0 Å². The highest BCUT2D eigenvalue weighted by Gasteiger charge is 2.56. The minimum Gasteiger partial charge on any atom is -0.496 e. The first-order chi connectivity index (χ1) is 14.5. The number of benzene rings is 2. The van der Waals surface area contributed by atoms with Gasteiger partial charge in [0.05, 0.1) is 13.5 Å². The van der Waals surface area contributed by atoms with Gasteiger partial charge in [-0.3, -0.25) is 14.5 Å². The normalized spacial score (nSPS) is 21.7. The number of ether oxygens (including phenoxy) is 1. The molecule has 1 saturated carbocycles. The topological polar surface area (TPSA) is 58.6 Å². The number of rotatable bonds is 6. The zero-order valence-corrected chi connectivity index (χ0v) is 16.9. The van der Waals surface area contributed by atoms with E-state index in [9.17, 15) is 14.0 Å². The fourth-order valence-corrected chi connectivity index (χ4v) is 4.31. The van der Waals surface area contributed by atoms with E-state index in [0.29, 0.717) is 11.4 Å². The quantitative estimate of drug-likeness (QED) is 0.733. The van der Waals surface area contributed by atoms with Gasteiger partial charge in [-0.25, -0.2) is 4.39 Å². The average Bonchev–Trinajstić information content (AvgIpc) is 3.24. The highest BCUT2D eigenvalue weighted by molar-refractivity contribution is 6.15. The minimum atomic E-state index is -1.20. The van der Waals surface area contributed by atoms with E-state index in [-0.39, 0.29) is 24.3 Å². The Balaban J connectivity index is 1.72. The highest BCUT2D eigenvalue weighted by Crippen LogP contribution is 2.40. The first-order valence-corrected chi connectivity index (χ1v) is 10.3. The Kier molecular flexibility index (Phi) is 5.57. The smallest absolute Gasteiger partial charge is 0.251 e. The van der Waals surface area contributed by atoms with Gasteiger partial charge in [-0.05, 0) is 43.2 Å². The first-order valence-electron chi connectivity index (χ1n) is 10.3. The van der Waals surface area contributed by atoms with Gasteiger partial charge >= 0.3 is 0 Å². The van der Waals surface area contributed by atoms with Crippen LogP contribution >= 0.6 is 0 Å².